The summed E-state index contributed by atoms with van der Waals surface area (Å²) in [6.45, 7) is 0. The Bertz CT molecular complexity index is 268. The summed E-state index contributed by atoms with van der Waals surface area (Å²) in [4.78, 5) is 3.89. The van der Waals surface area contributed by atoms with Crippen molar-refractivity contribution >= 4 is 23.3 Å². The van der Waals surface area contributed by atoms with E-state index in [-0.39, 0.29) is 0 Å². The van der Waals surface area contributed by atoms with E-state index in [2.05, 4.69) is 4.98 Å². The fourth-order valence-electron chi connectivity index (χ4n) is 0.653. The van der Waals surface area contributed by atoms with Crippen LogP contribution in [0.15, 0.2) is 52.3 Å². The Hall–Kier alpha value is -0.840. The highest BCUT2D eigenvalue weighted by Crippen LogP contribution is 2.12. The molecule has 0 aliphatic rings. The molecule has 0 unspecified atom stereocenters. The van der Waals surface area contributed by atoms with Gasteiger partial charge in [0.25, 0.3) is 0 Å². The highest BCUT2D eigenvalue weighted by molar-refractivity contribution is 7.98. The Morgan fingerprint density at radius 1 is 1.08 bits per heavy atom. The van der Waals surface area contributed by atoms with E-state index in [0.29, 0.717) is 0 Å². The lowest BCUT2D eigenvalue weighted by molar-refractivity contribution is 1.25. The fraction of sp³-hybridized carbons (Fsp3) is 0. The van der Waals surface area contributed by atoms with Gasteiger partial charge in [-0.25, -0.2) is 4.98 Å². The van der Waals surface area contributed by atoms with Crippen LogP contribution in [-0.4, -0.2) is 4.98 Å². The molecule has 0 saturated carbocycles. The molecule has 0 atom stereocenters. The molecule has 2 aromatic rings. The third kappa shape index (κ3) is 4.67. The molecule has 0 aliphatic heterocycles. The zero-order valence-corrected chi connectivity index (χ0v) is 8.59. The summed E-state index contributed by atoms with van der Waals surface area (Å²) in [6.07, 6.45) is 1.74. The van der Waals surface area contributed by atoms with Crippen LogP contribution in [0.4, 0.5) is 0 Å². The number of hydrogen-bond acceptors (Lipinski definition) is 4. The first-order valence-corrected chi connectivity index (χ1v) is 5.45. The maximum Gasteiger partial charge on any atom is 0.164 e. The smallest absolute Gasteiger partial charge is 0.164 e. The number of hydrogen-bond donors (Lipinski definition) is 1. The van der Waals surface area contributed by atoms with Crippen LogP contribution in [0.3, 0.4) is 0 Å². The van der Waals surface area contributed by atoms with Crippen molar-refractivity contribution in [2.24, 2.45) is 5.14 Å². The van der Waals surface area contributed by atoms with Crippen molar-refractivity contribution in [1.29, 1.82) is 0 Å². The zero-order chi connectivity index (χ0) is 9.36. The SMILES string of the molecule is NSc1nccs1.c1ccccc1. The molecule has 2 N–H and O–H groups in total. The van der Waals surface area contributed by atoms with Gasteiger partial charge in [-0.2, -0.15) is 0 Å². The Morgan fingerprint density at radius 2 is 1.62 bits per heavy atom. The van der Waals surface area contributed by atoms with Gasteiger partial charge in [0.1, 0.15) is 0 Å². The molecule has 1 aromatic carbocycles. The monoisotopic (exact) mass is 210 g/mol. The molecule has 4 heteroatoms. The van der Waals surface area contributed by atoms with Crippen LogP contribution in [0.25, 0.3) is 0 Å². The van der Waals surface area contributed by atoms with Gasteiger partial charge in [0.2, 0.25) is 0 Å². The number of aromatic nitrogens is 1. The summed E-state index contributed by atoms with van der Waals surface area (Å²) in [6, 6.07) is 12.0. The van der Waals surface area contributed by atoms with E-state index < -0.39 is 0 Å². The van der Waals surface area contributed by atoms with Crippen LogP contribution in [0.5, 0.6) is 0 Å². The molecular formula is C9H10N2S2. The lowest BCUT2D eigenvalue weighted by Crippen LogP contribution is -1.73. The summed E-state index contributed by atoms with van der Waals surface area (Å²) in [7, 11) is 0. The van der Waals surface area contributed by atoms with Crippen molar-refractivity contribution in [3.05, 3.63) is 48.0 Å². The van der Waals surface area contributed by atoms with Crippen LogP contribution >= 0.6 is 23.3 Å². The second-order valence-electron chi connectivity index (χ2n) is 2.07. The van der Waals surface area contributed by atoms with Crippen molar-refractivity contribution in [3.63, 3.8) is 0 Å². The van der Waals surface area contributed by atoms with E-state index in [9.17, 15) is 0 Å². The maximum atomic E-state index is 5.16. The van der Waals surface area contributed by atoms with Gasteiger partial charge < -0.3 is 0 Å². The maximum absolute atomic E-state index is 5.16. The molecule has 0 bridgehead atoms. The largest absolute Gasteiger partial charge is 0.272 e. The third-order valence-corrected chi connectivity index (χ3v) is 2.63. The van der Waals surface area contributed by atoms with Gasteiger partial charge >= 0.3 is 0 Å². The molecule has 0 radical (unpaired) electrons. The number of thiazole rings is 1. The third-order valence-electron chi connectivity index (χ3n) is 1.18. The highest BCUT2D eigenvalue weighted by atomic mass is 32.2. The molecular weight excluding hydrogens is 200 g/mol. The zero-order valence-electron chi connectivity index (χ0n) is 6.96. The Labute approximate surface area is 86.0 Å². The Balaban J connectivity index is 0.000000132. The minimum atomic E-state index is 0.917. The van der Waals surface area contributed by atoms with Gasteiger partial charge in [-0.05, 0) is 11.9 Å². The van der Waals surface area contributed by atoms with E-state index in [1.807, 2.05) is 41.8 Å². The van der Waals surface area contributed by atoms with E-state index in [1.165, 1.54) is 11.9 Å². The van der Waals surface area contributed by atoms with Gasteiger partial charge in [0, 0.05) is 11.6 Å². The molecule has 1 heterocycles. The summed E-state index contributed by atoms with van der Waals surface area (Å²) in [5, 5.41) is 7.06. The number of benzene rings is 1. The molecule has 2 nitrogen and oxygen atoms in total. The molecule has 0 amide bonds. The normalized spacial score (nSPS) is 8.69. The first-order chi connectivity index (χ1) is 6.43. The summed E-state index contributed by atoms with van der Waals surface area (Å²) in [5.41, 5.74) is 0. The lowest BCUT2D eigenvalue weighted by Gasteiger charge is -1.76. The Morgan fingerprint density at radius 3 is 1.85 bits per heavy atom. The quantitative estimate of drug-likeness (QED) is 0.736. The summed E-state index contributed by atoms with van der Waals surface area (Å²) in [5.74, 6) is 0. The summed E-state index contributed by atoms with van der Waals surface area (Å²) < 4.78 is 0.917. The van der Waals surface area contributed by atoms with Gasteiger partial charge in [0.15, 0.2) is 4.34 Å². The van der Waals surface area contributed by atoms with E-state index in [0.717, 1.165) is 4.34 Å². The molecule has 13 heavy (non-hydrogen) atoms. The van der Waals surface area contributed by atoms with E-state index in [4.69, 9.17) is 5.14 Å². The molecule has 0 saturated heterocycles. The summed E-state index contributed by atoms with van der Waals surface area (Å²) >= 11 is 2.73. The predicted octanol–water partition coefficient (Wildman–Crippen LogP) is 2.80. The second-order valence-corrected chi connectivity index (χ2v) is 3.85. The number of rotatable bonds is 1. The second kappa shape index (κ2) is 6.65. The van der Waals surface area contributed by atoms with E-state index in [1.54, 1.807) is 17.5 Å². The van der Waals surface area contributed by atoms with Crippen molar-refractivity contribution < 1.29 is 0 Å². The first kappa shape index (κ1) is 10.2. The standard InChI is InChI=1S/C6H6.C3H4N2S2/c1-2-4-6-5-3-1;4-7-3-5-1-2-6-3/h1-6H;1-2H,4H2. The van der Waals surface area contributed by atoms with Gasteiger partial charge in [-0.1, -0.05) is 36.4 Å². The Kier molecular flexibility index (Phi) is 5.24. The molecule has 0 fully saturated rings. The molecule has 0 spiro atoms. The first-order valence-electron chi connectivity index (χ1n) is 3.69. The van der Waals surface area contributed by atoms with Crippen LogP contribution in [0.2, 0.25) is 0 Å². The number of nitrogens with zero attached hydrogens (tertiary/aromatic N) is 1. The van der Waals surface area contributed by atoms with Crippen molar-refractivity contribution in [2.75, 3.05) is 0 Å². The minimum absolute atomic E-state index is 0.917. The van der Waals surface area contributed by atoms with Gasteiger partial charge in [0.05, 0.1) is 0 Å². The van der Waals surface area contributed by atoms with Gasteiger partial charge in [-0.3, -0.25) is 5.14 Å². The van der Waals surface area contributed by atoms with Crippen molar-refractivity contribution in [3.8, 4) is 0 Å². The van der Waals surface area contributed by atoms with Crippen molar-refractivity contribution in [2.45, 2.75) is 4.34 Å². The van der Waals surface area contributed by atoms with Crippen LogP contribution in [0, 0.1) is 0 Å². The average molecular weight is 210 g/mol. The molecule has 0 aliphatic carbocycles. The number of nitrogens with two attached hydrogens (primary N) is 1. The van der Waals surface area contributed by atoms with Crippen LogP contribution < -0.4 is 5.14 Å². The van der Waals surface area contributed by atoms with Crippen molar-refractivity contribution in [1.82, 2.24) is 4.98 Å². The lowest BCUT2D eigenvalue weighted by atomic mass is 10.4. The van der Waals surface area contributed by atoms with Crippen LogP contribution in [0.1, 0.15) is 0 Å². The molecule has 2 rings (SSSR count). The fourth-order valence-corrected chi connectivity index (χ4v) is 1.52. The average Bonchev–Trinajstić information content (AvgIpc) is 2.74. The predicted molar refractivity (Wildman–Crippen MR) is 58.6 cm³/mol. The molecule has 1 aromatic heterocycles. The topological polar surface area (TPSA) is 38.9 Å². The van der Waals surface area contributed by atoms with E-state index >= 15 is 0 Å². The van der Waals surface area contributed by atoms with Crippen LogP contribution in [-0.2, 0) is 0 Å². The molecule has 68 valence electrons. The minimum Gasteiger partial charge on any atom is -0.272 e. The highest BCUT2D eigenvalue weighted by Gasteiger charge is 1.86. The van der Waals surface area contributed by atoms with Gasteiger partial charge in [-0.15, -0.1) is 11.3 Å².